The Bertz CT molecular complexity index is 934. The zero-order chi connectivity index (χ0) is 18.9. The summed E-state index contributed by atoms with van der Waals surface area (Å²) in [4.78, 5) is 19.2. The third-order valence-electron chi connectivity index (χ3n) is 4.19. The number of nitrogens with one attached hydrogen (secondary N) is 1. The van der Waals surface area contributed by atoms with Crippen molar-refractivity contribution >= 4 is 33.1 Å². The summed E-state index contributed by atoms with van der Waals surface area (Å²) < 4.78 is 27.0. The van der Waals surface area contributed by atoms with Gasteiger partial charge >= 0.3 is 0 Å². The molecule has 1 aliphatic heterocycles. The van der Waals surface area contributed by atoms with Crippen molar-refractivity contribution in [1.29, 1.82) is 0 Å². The van der Waals surface area contributed by atoms with Crippen LogP contribution in [-0.2, 0) is 21.4 Å². The van der Waals surface area contributed by atoms with Crippen LogP contribution in [0.1, 0.15) is 25.0 Å². The Morgan fingerprint density at radius 1 is 1.27 bits per heavy atom. The molecule has 3 rings (SSSR count). The smallest absolute Gasteiger partial charge is 0.263 e. The Hall–Kier alpha value is -2.19. The average Bonchev–Trinajstić information content (AvgIpc) is 3.18. The molecule has 6 nitrogen and oxygen atoms in total. The highest BCUT2D eigenvalue weighted by Gasteiger charge is 2.33. The monoisotopic (exact) mass is 391 g/mol. The van der Waals surface area contributed by atoms with Crippen LogP contribution in [0, 0.1) is 5.92 Å². The van der Waals surface area contributed by atoms with E-state index >= 15 is 0 Å². The van der Waals surface area contributed by atoms with Gasteiger partial charge in [-0.25, -0.2) is 8.42 Å². The predicted octanol–water partition coefficient (Wildman–Crippen LogP) is 2.47. The Kier molecular flexibility index (Phi) is 5.15. The molecule has 2 aromatic rings. The van der Waals surface area contributed by atoms with Gasteiger partial charge in [-0.3, -0.25) is 14.5 Å². The standard InChI is InChI=1S/C18H21N3O3S2/c1-12(2)16(18(22)21(3)10-13-8-9-25-11-13)19-17-14-6-4-5-7-15(14)26(23,24)20-17/h4-9,11-12,16H,10H2,1-3H3,(H,19,20). The number of amidine groups is 1. The van der Waals surface area contributed by atoms with E-state index in [1.54, 1.807) is 41.5 Å². The van der Waals surface area contributed by atoms with E-state index in [0.717, 1.165) is 5.56 Å². The van der Waals surface area contributed by atoms with Gasteiger partial charge in [0.25, 0.3) is 10.0 Å². The molecule has 1 atom stereocenters. The third-order valence-corrected chi connectivity index (χ3v) is 6.32. The number of benzene rings is 1. The number of nitrogens with zero attached hydrogens (tertiary/aromatic N) is 2. The Labute approximate surface area is 157 Å². The molecule has 1 unspecified atom stereocenters. The molecular formula is C18H21N3O3S2. The van der Waals surface area contributed by atoms with Crippen molar-refractivity contribution in [3.05, 3.63) is 52.2 Å². The first-order chi connectivity index (χ1) is 12.3. The number of rotatable bonds is 5. The van der Waals surface area contributed by atoms with Crippen molar-refractivity contribution in [2.75, 3.05) is 7.05 Å². The van der Waals surface area contributed by atoms with Crippen LogP contribution in [0.15, 0.2) is 51.0 Å². The second-order valence-corrected chi connectivity index (χ2v) is 9.02. The molecule has 0 fully saturated rings. The third kappa shape index (κ3) is 3.66. The zero-order valence-corrected chi connectivity index (χ0v) is 16.5. The molecule has 1 aromatic carbocycles. The minimum absolute atomic E-state index is 0.0720. The first-order valence-corrected chi connectivity index (χ1v) is 10.7. The fourth-order valence-electron chi connectivity index (χ4n) is 2.82. The minimum atomic E-state index is -3.62. The molecule has 26 heavy (non-hydrogen) atoms. The first kappa shape index (κ1) is 18.6. The molecule has 2 heterocycles. The molecule has 0 saturated carbocycles. The Balaban J connectivity index is 1.89. The molecule has 0 saturated heterocycles. The van der Waals surface area contributed by atoms with Crippen molar-refractivity contribution in [2.45, 2.75) is 31.3 Å². The fraction of sp³-hybridized carbons (Fsp3) is 0.333. The van der Waals surface area contributed by atoms with Crippen LogP contribution >= 0.6 is 11.3 Å². The van der Waals surface area contributed by atoms with Gasteiger partial charge in [0.05, 0.1) is 4.90 Å². The maximum atomic E-state index is 12.9. The van der Waals surface area contributed by atoms with Gasteiger partial charge in [0.2, 0.25) is 5.91 Å². The molecule has 0 radical (unpaired) electrons. The van der Waals surface area contributed by atoms with Gasteiger partial charge in [-0.15, -0.1) is 0 Å². The van der Waals surface area contributed by atoms with Gasteiger partial charge in [0.15, 0.2) is 0 Å². The van der Waals surface area contributed by atoms with E-state index in [4.69, 9.17) is 0 Å². The predicted molar refractivity (Wildman–Crippen MR) is 103 cm³/mol. The maximum absolute atomic E-state index is 12.9. The number of carbonyl (C=O) groups excluding carboxylic acids is 1. The van der Waals surface area contributed by atoms with Gasteiger partial charge in [-0.05, 0) is 40.4 Å². The van der Waals surface area contributed by atoms with E-state index in [1.165, 1.54) is 6.07 Å². The van der Waals surface area contributed by atoms with Gasteiger partial charge < -0.3 is 4.90 Å². The zero-order valence-electron chi connectivity index (χ0n) is 14.8. The summed E-state index contributed by atoms with van der Waals surface area (Å²) in [5.74, 6) is 0.0241. The van der Waals surface area contributed by atoms with E-state index < -0.39 is 16.1 Å². The fourth-order valence-corrected chi connectivity index (χ4v) is 4.72. The SMILES string of the molecule is CC(C)C(N=C1NS(=O)(=O)c2ccccc21)C(=O)N(C)Cc1ccsc1. The van der Waals surface area contributed by atoms with Crippen LogP contribution in [-0.4, -0.2) is 38.2 Å². The minimum Gasteiger partial charge on any atom is -0.340 e. The molecule has 1 amide bonds. The van der Waals surface area contributed by atoms with Crippen molar-refractivity contribution in [3.8, 4) is 0 Å². The van der Waals surface area contributed by atoms with Crippen molar-refractivity contribution in [2.24, 2.45) is 10.9 Å². The molecule has 1 aliphatic rings. The van der Waals surface area contributed by atoms with Crippen LogP contribution in [0.4, 0.5) is 0 Å². The summed E-state index contributed by atoms with van der Waals surface area (Å²) in [6.07, 6.45) is 0. The van der Waals surface area contributed by atoms with E-state index in [1.807, 2.05) is 30.7 Å². The van der Waals surface area contributed by atoms with Crippen LogP contribution in [0.5, 0.6) is 0 Å². The summed E-state index contributed by atoms with van der Waals surface area (Å²) in [5.41, 5.74) is 1.57. The van der Waals surface area contributed by atoms with E-state index in [-0.39, 0.29) is 22.6 Å². The molecule has 0 spiro atoms. The second-order valence-electron chi connectivity index (χ2n) is 6.59. The number of amides is 1. The number of thiophene rings is 1. The quantitative estimate of drug-likeness (QED) is 0.850. The van der Waals surface area contributed by atoms with E-state index in [2.05, 4.69) is 9.71 Å². The number of hydrogen-bond donors (Lipinski definition) is 1. The molecule has 8 heteroatoms. The number of sulfonamides is 1. The summed E-state index contributed by atoms with van der Waals surface area (Å²) in [6.45, 7) is 4.31. The summed E-state index contributed by atoms with van der Waals surface area (Å²) in [7, 11) is -1.88. The Morgan fingerprint density at radius 3 is 2.65 bits per heavy atom. The molecular weight excluding hydrogens is 370 g/mol. The Morgan fingerprint density at radius 2 is 2.00 bits per heavy atom. The normalized spacial score (nSPS) is 17.8. The van der Waals surface area contributed by atoms with Crippen LogP contribution < -0.4 is 4.72 Å². The van der Waals surface area contributed by atoms with E-state index in [0.29, 0.717) is 12.1 Å². The molecule has 0 aliphatic carbocycles. The lowest BCUT2D eigenvalue weighted by Crippen LogP contribution is -2.39. The topological polar surface area (TPSA) is 78.8 Å². The summed E-state index contributed by atoms with van der Waals surface area (Å²) >= 11 is 1.58. The summed E-state index contributed by atoms with van der Waals surface area (Å²) in [5, 5.41) is 3.97. The van der Waals surface area contributed by atoms with Crippen molar-refractivity contribution in [3.63, 3.8) is 0 Å². The average molecular weight is 392 g/mol. The molecule has 1 N–H and O–H groups in total. The number of likely N-dealkylation sites (N-methyl/N-ethyl adjacent to an activating group) is 1. The number of hydrogen-bond acceptors (Lipinski definition) is 5. The molecule has 138 valence electrons. The lowest BCUT2D eigenvalue weighted by molar-refractivity contribution is -0.132. The van der Waals surface area contributed by atoms with Gasteiger partial charge in [0, 0.05) is 19.2 Å². The maximum Gasteiger partial charge on any atom is 0.263 e. The van der Waals surface area contributed by atoms with Crippen LogP contribution in [0.2, 0.25) is 0 Å². The van der Waals surface area contributed by atoms with Gasteiger partial charge in [-0.1, -0.05) is 26.0 Å². The lowest BCUT2D eigenvalue weighted by Gasteiger charge is -2.24. The van der Waals surface area contributed by atoms with Crippen molar-refractivity contribution in [1.82, 2.24) is 9.62 Å². The highest BCUT2D eigenvalue weighted by Crippen LogP contribution is 2.24. The lowest BCUT2D eigenvalue weighted by atomic mass is 10.0. The van der Waals surface area contributed by atoms with Crippen LogP contribution in [0.3, 0.4) is 0 Å². The highest BCUT2D eigenvalue weighted by atomic mass is 32.2. The van der Waals surface area contributed by atoms with Crippen molar-refractivity contribution < 1.29 is 13.2 Å². The van der Waals surface area contributed by atoms with Crippen LogP contribution in [0.25, 0.3) is 0 Å². The number of fused-ring (bicyclic) bond motifs is 1. The largest absolute Gasteiger partial charge is 0.340 e. The second kappa shape index (κ2) is 7.20. The molecule has 0 bridgehead atoms. The summed E-state index contributed by atoms with van der Waals surface area (Å²) in [6, 6.07) is 7.97. The molecule has 1 aromatic heterocycles. The number of carbonyl (C=O) groups is 1. The number of aliphatic imine (C=N–C) groups is 1. The van der Waals surface area contributed by atoms with Gasteiger partial charge in [0.1, 0.15) is 11.9 Å². The van der Waals surface area contributed by atoms with E-state index in [9.17, 15) is 13.2 Å². The van der Waals surface area contributed by atoms with Gasteiger partial charge in [-0.2, -0.15) is 11.3 Å². The first-order valence-electron chi connectivity index (χ1n) is 8.25. The highest BCUT2D eigenvalue weighted by molar-refractivity contribution is 7.90.